The summed E-state index contributed by atoms with van der Waals surface area (Å²) < 4.78 is 5.19. The van der Waals surface area contributed by atoms with Crippen molar-refractivity contribution in [2.24, 2.45) is 0 Å². The van der Waals surface area contributed by atoms with Crippen molar-refractivity contribution in [3.05, 3.63) is 47.0 Å². The van der Waals surface area contributed by atoms with E-state index in [1.807, 2.05) is 26.0 Å². The molecule has 0 aromatic heterocycles. The minimum Gasteiger partial charge on any atom is -0.453 e. The molecule has 2 rings (SSSR count). The molecule has 0 bridgehead atoms. The van der Waals surface area contributed by atoms with Gasteiger partial charge in [0.05, 0.1) is 12.0 Å². The molecule has 1 aliphatic heterocycles. The minimum absolute atomic E-state index is 0.0143. The second-order valence-corrected chi connectivity index (χ2v) is 4.37. The van der Waals surface area contributed by atoms with Gasteiger partial charge in [-0.3, -0.25) is 4.79 Å². The summed E-state index contributed by atoms with van der Waals surface area (Å²) in [5.74, 6) is -0.352. The molecule has 0 unspecified atom stereocenters. The van der Waals surface area contributed by atoms with E-state index in [1.165, 1.54) is 0 Å². The van der Waals surface area contributed by atoms with E-state index in [9.17, 15) is 9.59 Å². The van der Waals surface area contributed by atoms with Gasteiger partial charge in [0, 0.05) is 5.56 Å². The molecule has 0 saturated heterocycles. The summed E-state index contributed by atoms with van der Waals surface area (Å²) in [5, 5.41) is 0. The first kappa shape index (κ1) is 11.6. The lowest BCUT2D eigenvalue weighted by Gasteiger charge is -2.08. The number of hydrogen-bond acceptors (Lipinski definition) is 3. The minimum atomic E-state index is -0.429. The van der Waals surface area contributed by atoms with Gasteiger partial charge in [0.2, 0.25) is 0 Å². The van der Waals surface area contributed by atoms with Gasteiger partial charge >= 0.3 is 5.97 Å². The van der Waals surface area contributed by atoms with Crippen LogP contribution in [0.25, 0.3) is 0 Å². The largest absolute Gasteiger partial charge is 0.453 e. The van der Waals surface area contributed by atoms with Crippen LogP contribution in [0.3, 0.4) is 0 Å². The highest BCUT2D eigenvalue weighted by Gasteiger charge is 2.31. The van der Waals surface area contributed by atoms with E-state index >= 15 is 0 Å². The molecule has 17 heavy (non-hydrogen) atoms. The summed E-state index contributed by atoms with van der Waals surface area (Å²) in [5.41, 5.74) is 2.34. The molecule has 1 heterocycles. The average molecular weight is 230 g/mol. The lowest BCUT2D eigenvalue weighted by molar-refractivity contribution is -0.116. The number of hydrogen-bond donors (Lipinski definition) is 0. The standard InChI is InChI=1S/C14H14O3/c1-9(2)7-10(15)8-13-11-5-3-4-6-12(11)14(16)17-13/h3-7,13H,8H2,1-2H3/t13-/m0/s1. The smallest absolute Gasteiger partial charge is 0.339 e. The zero-order valence-electron chi connectivity index (χ0n) is 9.90. The van der Waals surface area contributed by atoms with Crippen molar-refractivity contribution in [2.45, 2.75) is 26.4 Å². The molecule has 0 fully saturated rings. The van der Waals surface area contributed by atoms with Crippen LogP contribution in [0.4, 0.5) is 0 Å². The number of esters is 1. The fraction of sp³-hybridized carbons (Fsp3) is 0.286. The number of cyclic esters (lactones) is 1. The molecule has 3 nitrogen and oxygen atoms in total. The fourth-order valence-electron chi connectivity index (χ4n) is 1.94. The van der Waals surface area contributed by atoms with Crippen LogP contribution >= 0.6 is 0 Å². The van der Waals surface area contributed by atoms with Crippen LogP contribution in [0.5, 0.6) is 0 Å². The summed E-state index contributed by atoms with van der Waals surface area (Å²) >= 11 is 0. The maximum atomic E-state index is 11.7. The summed E-state index contributed by atoms with van der Waals surface area (Å²) in [7, 11) is 0. The van der Waals surface area contributed by atoms with Gasteiger partial charge in [0.1, 0.15) is 6.10 Å². The molecular weight excluding hydrogens is 216 g/mol. The second kappa shape index (κ2) is 4.53. The molecule has 3 heteroatoms. The number of carbonyl (C=O) groups is 2. The SMILES string of the molecule is CC(C)=CC(=O)C[C@@H]1OC(=O)c2ccccc21. The Morgan fingerprint density at radius 2 is 2.06 bits per heavy atom. The van der Waals surface area contributed by atoms with Gasteiger partial charge in [0.15, 0.2) is 5.78 Å². The molecule has 1 aliphatic rings. The van der Waals surface area contributed by atoms with Crippen molar-refractivity contribution in [2.75, 3.05) is 0 Å². The topological polar surface area (TPSA) is 43.4 Å². The molecule has 0 spiro atoms. The molecular formula is C14H14O3. The summed E-state index contributed by atoms with van der Waals surface area (Å²) in [6, 6.07) is 7.20. The van der Waals surface area contributed by atoms with E-state index in [1.54, 1.807) is 18.2 Å². The molecule has 1 aromatic rings. The van der Waals surface area contributed by atoms with E-state index in [0.29, 0.717) is 5.56 Å². The highest BCUT2D eigenvalue weighted by atomic mass is 16.5. The van der Waals surface area contributed by atoms with E-state index < -0.39 is 6.10 Å². The molecule has 0 amide bonds. The monoisotopic (exact) mass is 230 g/mol. The van der Waals surface area contributed by atoms with Gasteiger partial charge in [-0.15, -0.1) is 0 Å². The number of carbonyl (C=O) groups excluding carboxylic acids is 2. The van der Waals surface area contributed by atoms with Crippen molar-refractivity contribution in [1.29, 1.82) is 0 Å². The van der Waals surface area contributed by atoms with Crippen LogP contribution < -0.4 is 0 Å². The Morgan fingerprint density at radius 3 is 2.76 bits per heavy atom. The van der Waals surface area contributed by atoms with Crippen molar-refractivity contribution in [1.82, 2.24) is 0 Å². The predicted molar refractivity (Wildman–Crippen MR) is 63.7 cm³/mol. The van der Waals surface area contributed by atoms with Crippen molar-refractivity contribution >= 4 is 11.8 Å². The van der Waals surface area contributed by atoms with Gasteiger partial charge in [0.25, 0.3) is 0 Å². The molecule has 0 radical (unpaired) electrons. The molecule has 0 aliphatic carbocycles. The van der Waals surface area contributed by atoms with Crippen LogP contribution in [0, 0.1) is 0 Å². The van der Waals surface area contributed by atoms with Gasteiger partial charge in [-0.2, -0.15) is 0 Å². The predicted octanol–water partition coefficient (Wildman–Crippen LogP) is 2.82. The Morgan fingerprint density at radius 1 is 1.35 bits per heavy atom. The van der Waals surface area contributed by atoms with Gasteiger partial charge in [-0.1, -0.05) is 23.8 Å². The number of ketones is 1. The van der Waals surface area contributed by atoms with Gasteiger partial charge in [-0.25, -0.2) is 4.79 Å². The number of fused-ring (bicyclic) bond motifs is 1. The fourth-order valence-corrected chi connectivity index (χ4v) is 1.94. The zero-order chi connectivity index (χ0) is 12.4. The van der Waals surface area contributed by atoms with E-state index in [2.05, 4.69) is 0 Å². The molecule has 1 aromatic carbocycles. The molecule has 1 atom stereocenters. The Labute approximate surface area is 100 Å². The highest BCUT2D eigenvalue weighted by Crippen LogP contribution is 2.32. The first-order chi connectivity index (χ1) is 8.08. The summed E-state index contributed by atoms with van der Waals surface area (Å²) in [4.78, 5) is 23.2. The first-order valence-corrected chi connectivity index (χ1v) is 5.55. The third-order valence-corrected chi connectivity index (χ3v) is 2.61. The number of rotatable bonds is 3. The number of benzene rings is 1. The van der Waals surface area contributed by atoms with E-state index in [0.717, 1.165) is 11.1 Å². The second-order valence-electron chi connectivity index (χ2n) is 4.37. The Bertz CT molecular complexity index is 496. The molecule has 0 saturated carbocycles. The van der Waals surface area contributed by atoms with E-state index in [-0.39, 0.29) is 18.2 Å². The van der Waals surface area contributed by atoms with Crippen molar-refractivity contribution in [3.8, 4) is 0 Å². The third-order valence-electron chi connectivity index (χ3n) is 2.61. The highest BCUT2D eigenvalue weighted by molar-refractivity contribution is 5.96. The molecule has 0 N–H and O–H groups in total. The Kier molecular flexibility index (Phi) is 3.09. The van der Waals surface area contributed by atoms with Crippen LogP contribution in [-0.2, 0) is 9.53 Å². The van der Waals surface area contributed by atoms with Crippen molar-refractivity contribution in [3.63, 3.8) is 0 Å². The lowest BCUT2D eigenvalue weighted by Crippen LogP contribution is -2.05. The molecule has 88 valence electrons. The van der Waals surface area contributed by atoms with E-state index in [4.69, 9.17) is 4.74 Å². The maximum Gasteiger partial charge on any atom is 0.339 e. The number of ether oxygens (including phenoxy) is 1. The number of allylic oxidation sites excluding steroid dienone is 2. The zero-order valence-corrected chi connectivity index (χ0v) is 9.90. The average Bonchev–Trinajstić information content (AvgIpc) is 2.55. The third kappa shape index (κ3) is 2.44. The van der Waals surface area contributed by atoms with Crippen LogP contribution in [0.2, 0.25) is 0 Å². The summed E-state index contributed by atoms with van der Waals surface area (Å²) in [6.07, 6.45) is 1.37. The van der Waals surface area contributed by atoms with Crippen molar-refractivity contribution < 1.29 is 14.3 Å². The van der Waals surface area contributed by atoms with Crippen LogP contribution in [-0.4, -0.2) is 11.8 Å². The summed E-state index contributed by atoms with van der Waals surface area (Å²) in [6.45, 7) is 3.74. The normalized spacial score (nSPS) is 17.3. The van der Waals surface area contributed by atoms with Gasteiger partial charge in [-0.05, 0) is 26.0 Å². The first-order valence-electron chi connectivity index (χ1n) is 5.55. The van der Waals surface area contributed by atoms with Gasteiger partial charge < -0.3 is 4.74 Å². The Hall–Kier alpha value is -1.90. The maximum absolute atomic E-state index is 11.7. The quantitative estimate of drug-likeness (QED) is 0.592. The lowest BCUT2D eigenvalue weighted by atomic mass is 10.0. The van der Waals surface area contributed by atoms with Crippen LogP contribution in [0.1, 0.15) is 42.3 Å². The Balaban J connectivity index is 2.18. The van der Waals surface area contributed by atoms with Crippen LogP contribution in [0.15, 0.2) is 35.9 Å².